The smallest absolute Gasteiger partial charge is 0.195 e. The van der Waals surface area contributed by atoms with Crippen molar-refractivity contribution in [3.8, 4) is 11.5 Å². The number of aromatic hydroxyl groups is 1. The van der Waals surface area contributed by atoms with Crippen LogP contribution in [0.15, 0.2) is 36.4 Å². The Morgan fingerprint density at radius 2 is 2.16 bits per heavy atom. The molecule has 0 spiro atoms. The van der Waals surface area contributed by atoms with Gasteiger partial charge in [0.15, 0.2) is 17.3 Å². The van der Waals surface area contributed by atoms with E-state index in [-0.39, 0.29) is 11.5 Å². The Balaban J connectivity index is 2.16. The highest BCUT2D eigenvalue weighted by atomic mass is 35.5. The van der Waals surface area contributed by atoms with E-state index < -0.39 is 0 Å². The molecule has 5 heteroatoms. The van der Waals surface area contributed by atoms with Crippen LogP contribution in [0.25, 0.3) is 6.08 Å². The minimum atomic E-state index is -0.107. The minimum Gasteiger partial charge on any atom is -0.504 e. The lowest BCUT2D eigenvalue weighted by atomic mass is 10.1. The molecule has 0 atom stereocenters. The van der Waals surface area contributed by atoms with Gasteiger partial charge in [-0.1, -0.05) is 23.7 Å². The number of hydrogen-bond acceptors (Lipinski definition) is 4. The molecule has 3 nitrogen and oxygen atoms in total. The van der Waals surface area contributed by atoms with Gasteiger partial charge in [0.05, 0.1) is 16.3 Å². The predicted octanol–water partition coefficient (Wildman–Crippen LogP) is 4.01. The summed E-state index contributed by atoms with van der Waals surface area (Å²) in [6, 6.07) is 8.25. The Morgan fingerprint density at radius 3 is 2.79 bits per heavy atom. The number of halogens is 1. The van der Waals surface area contributed by atoms with Crippen LogP contribution < -0.4 is 4.74 Å². The minimum absolute atomic E-state index is 0.0658. The highest BCUT2D eigenvalue weighted by Crippen LogP contribution is 2.27. The van der Waals surface area contributed by atoms with Crippen LogP contribution in [-0.4, -0.2) is 18.0 Å². The molecule has 98 valence electrons. The van der Waals surface area contributed by atoms with Crippen LogP contribution in [0.1, 0.15) is 15.2 Å². The molecule has 1 N–H and O–H groups in total. The zero-order valence-electron chi connectivity index (χ0n) is 10.1. The quantitative estimate of drug-likeness (QED) is 0.684. The molecule has 0 saturated carbocycles. The van der Waals surface area contributed by atoms with Crippen LogP contribution in [0.3, 0.4) is 0 Å². The van der Waals surface area contributed by atoms with Gasteiger partial charge < -0.3 is 9.84 Å². The van der Waals surface area contributed by atoms with Gasteiger partial charge in [-0.25, -0.2) is 0 Å². The molecule has 0 bridgehead atoms. The molecule has 0 radical (unpaired) electrons. The third kappa shape index (κ3) is 3.36. The van der Waals surface area contributed by atoms with Crippen molar-refractivity contribution in [1.82, 2.24) is 0 Å². The van der Waals surface area contributed by atoms with Gasteiger partial charge in [-0.15, -0.1) is 11.3 Å². The largest absolute Gasteiger partial charge is 0.504 e. The standard InChI is InChI=1S/C14H11ClO3S/c1-18-12-8-9(2-4-10(12)16)3-5-11(17)13-6-7-14(15)19-13/h2-8,16H,1H3/b5-3+. The maximum atomic E-state index is 11.8. The second-order valence-corrected chi connectivity index (χ2v) is 5.45. The number of methoxy groups -OCH3 is 1. The number of hydrogen-bond donors (Lipinski definition) is 1. The first-order chi connectivity index (χ1) is 9.10. The summed E-state index contributed by atoms with van der Waals surface area (Å²) in [6.07, 6.45) is 3.13. The number of allylic oxidation sites excluding steroid dienone is 1. The normalized spacial score (nSPS) is 10.8. The molecule has 1 aromatic carbocycles. The zero-order chi connectivity index (χ0) is 13.8. The van der Waals surface area contributed by atoms with Crippen LogP contribution in [-0.2, 0) is 0 Å². The maximum Gasteiger partial charge on any atom is 0.195 e. The first kappa shape index (κ1) is 13.6. The zero-order valence-corrected chi connectivity index (χ0v) is 11.7. The molecule has 1 aromatic heterocycles. The molecule has 0 aliphatic heterocycles. The number of carbonyl (C=O) groups is 1. The SMILES string of the molecule is COc1cc(/C=C/C(=O)c2ccc(Cl)s2)ccc1O. The van der Waals surface area contributed by atoms with Crippen molar-refractivity contribution in [2.75, 3.05) is 7.11 Å². The predicted molar refractivity (Wildman–Crippen MR) is 77.4 cm³/mol. The lowest BCUT2D eigenvalue weighted by Gasteiger charge is -2.03. The number of ether oxygens (including phenoxy) is 1. The van der Waals surface area contributed by atoms with E-state index >= 15 is 0 Å². The fraction of sp³-hybridized carbons (Fsp3) is 0.0714. The van der Waals surface area contributed by atoms with E-state index in [1.165, 1.54) is 30.6 Å². The Hall–Kier alpha value is -1.78. The van der Waals surface area contributed by atoms with Crippen LogP contribution in [0.4, 0.5) is 0 Å². The molecule has 19 heavy (non-hydrogen) atoms. The monoisotopic (exact) mass is 294 g/mol. The molecule has 0 aliphatic rings. The highest BCUT2D eigenvalue weighted by Gasteiger charge is 2.05. The third-order valence-electron chi connectivity index (χ3n) is 2.45. The summed E-state index contributed by atoms with van der Waals surface area (Å²) in [7, 11) is 1.47. The molecule has 0 unspecified atom stereocenters. The Bertz CT molecular complexity index is 631. The number of thiophene rings is 1. The van der Waals surface area contributed by atoms with Crippen molar-refractivity contribution < 1.29 is 14.6 Å². The Morgan fingerprint density at radius 1 is 1.37 bits per heavy atom. The van der Waals surface area contributed by atoms with E-state index in [1.807, 2.05) is 0 Å². The number of rotatable bonds is 4. The Kier molecular flexibility index (Phi) is 4.24. The average molecular weight is 295 g/mol. The van der Waals surface area contributed by atoms with E-state index in [0.717, 1.165) is 5.56 Å². The van der Waals surface area contributed by atoms with Gasteiger partial charge in [0.1, 0.15) is 0 Å². The van der Waals surface area contributed by atoms with Gasteiger partial charge in [0.25, 0.3) is 0 Å². The van der Waals surface area contributed by atoms with Gasteiger partial charge in [0, 0.05) is 0 Å². The van der Waals surface area contributed by atoms with Crippen molar-refractivity contribution in [3.05, 3.63) is 51.2 Å². The van der Waals surface area contributed by atoms with Gasteiger partial charge in [-0.05, 0) is 35.9 Å². The summed E-state index contributed by atoms with van der Waals surface area (Å²) < 4.78 is 5.58. The summed E-state index contributed by atoms with van der Waals surface area (Å²) >= 11 is 7.02. The molecule has 0 saturated heterocycles. The third-order valence-corrected chi connectivity index (χ3v) is 3.69. The van der Waals surface area contributed by atoms with Gasteiger partial charge in [-0.2, -0.15) is 0 Å². The molecule has 1 heterocycles. The first-order valence-electron chi connectivity index (χ1n) is 5.45. The van der Waals surface area contributed by atoms with E-state index in [1.54, 1.807) is 30.3 Å². The van der Waals surface area contributed by atoms with E-state index in [2.05, 4.69) is 0 Å². The van der Waals surface area contributed by atoms with Crippen LogP contribution >= 0.6 is 22.9 Å². The summed E-state index contributed by atoms with van der Waals surface area (Å²) in [5, 5.41) is 9.46. The molecular formula is C14H11ClO3S. The summed E-state index contributed by atoms with van der Waals surface area (Å²) in [5.41, 5.74) is 0.769. The molecule has 2 rings (SSSR count). The summed E-state index contributed by atoms with van der Waals surface area (Å²) in [4.78, 5) is 12.4. The van der Waals surface area contributed by atoms with Crippen molar-refractivity contribution in [2.45, 2.75) is 0 Å². The van der Waals surface area contributed by atoms with Gasteiger partial charge in [0.2, 0.25) is 0 Å². The average Bonchev–Trinajstić information content (AvgIpc) is 2.84. The number of phenolic OH excluding ortho intramolecular Hbond substituents is 1. The van der Waals surface area contributed by atoms with Crippen LogP contribution in [0.5, 0.6) is 11.5 Å². The number of phenols is 1. The van der Waals surface area contributed by atoms with Crippen molar-refractivity contribution in [2.24, 2.45) is 0 Å². The van der Waals surface area contributed by atoms with Crippen molar-refractivity contribution >= 4 is 34.8 Å². The van der Waals surface area contributed by atoms with Gasteiger partial charge in [-0.3, -0.25) is 4.79 Å². The van der Waals surface area contributed by atoms with Crippen molar-refractivity contribution in [1.29, 1.82) is 0 Å². The van der Waals surface area contributed by atoms with E-state index in [4.69, 9.17) is 16.3 Å². The molecular weight excluding hydrogens is 284 g/mol. The van der Waals surface area contributed by atoms with Crippen molar-refractivity contribution in [3.63, 3.8) is 0 Å². The van der Waals surface area contributed by atoms with E-state index in [9.17, 15) is 9.90 Å². The lowest BCUT2D eigenvalue weighted by Crippen LogP contribution is -1.89. The number of carbonyl (C=O) groups excluding carboxylic acids is 1. The second-order valence-electron chi connectivity index (χ2n) is 3.73. The topological polar surface area (TPSA) is 46.5 Å². The van der Waals surface area contributed by atoms with E-state index in [0.29, 0.717) is 15.0 Å². The first-order valence-corrected chi connectivity index (χ1v) is 6.64. The fourth-order valence-electron chi connectivity index (χ4n) is 1.50. The molecule has 0 amide bonds. The summed E-state index contributed by atoms with van der Waals surface area (Å²) in [5.74, 6) is 0.328. The Labute approximate surface area is 119 Å². The number of ketones is 1. The lowest BCUT2D eigenvalue weighted by molar-refractivity contribution is 0.105. The van der Waals surface area contributed by atoms with Crippen LogP contribution in [0.2, 0.25) is 4.34 Å². The highest BCUT2D eigenvalue weighted by molar-refractivity contribution is 7.18. The molecule has 0 aliphatic carbocycles. The fourth-order valence-corrected chi connectivity index (χ4v) is 2.46. The van der Waals surface area contributed by atoms with Crippen LogP contribution in [0, 0.1) is 0 Å². The number of benzene rings is 1. The molecule has 2 aromatic rings. The summed E-state index contributed by atoms with van der Waals surface area (Å²) in [6.45, 7) is 0. The second kappa shape index (κ2) is 5.91. The molecule has 0 fully saturated rings. The van der Waals surface area contributed by atoms with Gasteiger partial charge >= 0.3 is 0 Å². The maximum absolute atomic E-state index is 11.8.